The second-order valence-electron chi connectivity index (χ2n) is 7.16. The lowest BCUT2D eigenvalue weighted by molar-refractivity contribution is -0.121. The lowest BCUT2D eigenvalue weighted by Crippen LogP contribution is -2.41. The summed E-state index contributed by atoms with van der Waals surface area (Å²) in [6.07, 6.45) is 3.43. The van der Waals surface area contributed by atoms with Crippen molar-refractivity contribution in [1.82, 2.24) is 19.7 Å². The Balaban J connectivity index is 1.46. The summed E-state index contributed by atoms with van der Waals surface area (Å²) in [6.45, 7) is 1.93. The summed E-state index contributed by atoms with van der Waals surface area (Å²) in [7, 11) is 3.18. The summed E-state index contributed by atoms with van der Waals surface area (Å²) in [6, 6.07) is 5.40. The van der Waals surface area contributed by atoms with E-state index in [-0.39, 0.29) is 16.7 Å². The molecule has 3 aromatic rings. The quantitative estimate of drug-likeness (QED) is 0.533. The Kier molecular flexibility index (Phi) is 6.64. The normalized spacial score (nSPS) is 16.8. The fourth-order valence-electron chi connectivity index (χ4n) is 3.52. The average Bonchev–Trinajstić information content (AvgIpc) is 3.43. The van der Waals surface area contributed by atoms with Gasteiger partial charge in [-0.15, -0.1) is 16.4 Å². The van der Waals surface area contributed by atoms with E-state index in [1.165, 1.54) is 11.3 Å². The molecule has 1 saturated heterocycles. The van der Waals surface area contributed by atoms with Crippen LogP contribution in [0.2, 0.25) is 0 Å². The molecule has 1 N–H and O–H groups in total. The van der Waals surface area contributed by atoms with Crippen molar-refractivity contribution < 1.29 is 18.7 Å². The molecule has 0 saturated carbocycles. The number of anilines is 1. The molecule has 1 aromatic carbocycles. The number of hydrogen-bond acceptors (Lipinski definition) is 9. The first-order chi connectivity index (χ1) is 15.1. The van der Waals surface area contributed by atoms with Crippen LogP contribution >= 0.6 is 23.6 Å². The van der Waals surface area contributed by atoms with Crippen molar-refractivity contribution in [3.8, 4) is 23.0 Å². The second kappa shape index (κ2) is 9.58. The van der Waals surface area contributed by atoms with Crippen LogP contribution in [0.4, 0.5) is 5.13 Å². The monoisotopic (exact) mass is 461 g/mol. The van der Waals surface area contributed by atoms with Crippen molar-refractivity contribution in [2.45, 2.75) is 19.5 Å². The Labute approximate surface area is 188 Å². The van der Waals surface area contributed by atoms with Crippen LogP contribution in [-0.4, -0.2) is 52.9 Å². The summed E-state index contributed by atoms with van der Waals surface area (Å²) in [5.41, 5.74) is 0.709. The van der Waals surface area contributed by atoms with E-state index in [0.29, 0.717) is 41.3 Å². The Bertz CT molecular complexity index is 1070. The van der Waals surface area contributed by atoms with Gasteiger partial charge in [-0.3, -0.25) is 9.69 Å². The fraction of sp³-hybridized carbons (Fsp3) is 0.400. The predicted octanol–water partition coefficient (Wildman–Crippen LogP) is 3.65. The van der Waals surface area contributed by atoms with Crippen molar-refractivity contribution in [1.29, 1.82) is 0 Å². The first-order valence-corrected chi connectivity index (χ1v) is 11.1. The zero-order valence-electron chi connectivity index (χ0n) is 17.2. The van der Waals surface area contributed by atoms with Crippen LogP contribution in [0.1, 0.15) is 12.8 Å². The fourth-order valence-corrected chi connectivity index (χ4v) is 4.23. The molecular weight excluding hydrogens is 438 g/mol. The number of likely N-dealkylation sites (tertiary alicyclic amines) is 1. The number of methoxy groups -OCH3 is 2. The van der Waals surface area contributed by atoms with Gasteiger partial charge >= 0.3 is 0 Å². The molecule has 1 atom stereocenters. The Morgan fingerprint density at radius 1 is 1.32 bits per heavy atom. The van der Waals surface area contributed by atoms with Crippen LogP contribution in [0.5, 0.6) is 11.5 Å². The van der Waals surface area contributed by atoms with Crippen LogP contribution in [0.15, 0.2) is 34.2 Å². The molecule has 164 valence electrons. The van der Waals surface area contributed by atoms with Gasteiger partial charge in [0.1, 0.15) is 11.5 Å². The number of carbonyl (C=O) groups is 1. The lowest BCUT2D eigenvalue weighted by Gasteiger charge is -2.31. The van der Waals surface area contributed by atoms with Gasteiger partial charge in [0.2, 0.25) is 11.8 Å². The molecule has 4 rings (SSSR count). The lowest BCUT2D eigenvalue weighted by atomic mass is 9.97. The number of hydrogen-bond donors (Lipinski definition) is 1. The van der Waals surface area contributed by atoms with E-state index in [2.05, 4.69) is 20.3 Å². The highest BCUT2D eigenvalue weighted by Crippen LogP contribution is 2.29. The van der Waals surface area contributed by atoms with E-state index in [4.69, 9.17) is 26.1 Å². The number of piperidine rings is 1. The van der Waals surface area contributed by atoms with Gasteiger partial charge < -0.3 is 19.2 Å². The van der Waals surface area contributed by atoms with Gasteiger partial charge in [-0.25, -0.2) is 9.67 Å². The van der Waals surface area contributed by atoms with Crippen molar-refractivity contribution in [2.75, 3.05) is 32.6 Å². The van der Waals surface area contributed by atoms with E-state index in [9.17, 15) is 4.79 Å². The van der Waals surface area contributed by atoms with E-state index in [1.807, 2.05) is 17.5 Å². The Morgan fingerprint density at radius 2 is 2.10 bits per heavy atom. The highest BCUT2D eigenvalue weighted by atomic mass is 32.1. The van der Waals surface area contributed by atoms with Crippen LogP contribution in [0.3, 0.4) is 0 Å². The number of carbonyl (C=O) groups excluding carboxylic acids is 1. The molecule has 11 heteroatoms. The maximum atomic E-state index is 12.6. The maximum Gasteiger partial charge on any atom is 0.288 e. The second-order valence-corrected chi connectivity index (χ2v) is 8.40. The van der Waals surface area contributed by atoms with Gasteiger partial charge in [-0.05, 0) is 43.7 Å². The number of aromatic nitrogens is 3. The first-order valence-electron chi connectivity index (χ1n) is 9.80. The van der Waals surface area contributed by atoms with E-state index in [1.54, 1.807) is 31.2 Å². The summed E-state index contributed by atoms with van der Waals surface area (Å²) < 4.78 is 18.0. The molecule has 0 aliphatic carbocycles. The highest BCUT2D eigenvalue weighted by Gasteiger charge is 2.27. The van der Waals surface area contributed by atoms with E-state index >= 15 is 0 Å². The molecule has 3 heterocycles. The summed E-state index contributed by atoms with van der Waals surface area (Å²) in [4.78, 5) is 19.1. The van der Waals surface area contributed by atoms with Crippen molar-refractivity contribution >= 4 is 34.6 Å². The number of nitrogens with zero attached hydrogens (tertiary/aromatic N) is 4. The number of thiazole rings is 1. The first kappa shape index (κ1) is 21.5. The molecule has 1 aliphatic rings. The molecule has 9 nitrogen and oxygen atoms in total. The minimum Gasteiger partial charge on any atom is -0.497 e. The van der Waals surface area contributed by atoms with Crippen LogP contribution in [0.25, 0.3) is 11.5 Å². The zero-order chi connectivity index (χ0) is 21.8. The largest absolute Gasteiger partial charge is 0.497 e. The molecule has 1 unspecified atom stereocenters. The maximum absolute atomic E-state index is 12.6. The van der Waals surface area contributed by atoms with Crippen LogP contribution in [0, 0.1) is 10.8 Å². The van der Waals surface area contributed by atoms with Gasteiger partial charge in [-0.1, -0.05) is 0 Å². The third-order valence-electron chi connectivity index (χ3n) is 5.08. The molecule has 0 spiro atoms. The third-order valence-corrected chi connectivity index (χ3v) is 6.06. The Morgan fingerprint density at radius 3 is 2.77 bits per heavy atom. The van der Waals surface area contributed by atoms with Crippen molar-refractivity contribution in [3.05, 3.63) is 34.6 Å². The number of ether oxygens (including phenoxy) is 2. The third kappa shape index (κ3) is 5.12. The molecule has 0 bridgehead atoms. The predicted molar refractivity (Wildman–Crippen MR) is 119 cm³/mol. The standard InChI is InChI=1S/C20H23N5O4S2/c1-27-15-8-14(9-16(10-15)28-2)18-23-25(20(30)29-18)12-24-6-3-4-13(11-24)17(26)22-19-21-5-7-31-19/h5,7-10,13H,3-4,6,11-12H2,1-2H3,(H,21,22,26). The van der Waals surface area contributed by atoms with E-state index in [0.717, 1.165) is 19.4 Å². The minimum absolute atomic E-state index is 0.00688. The van der Waals surface area contributed by atoms with Gasteiger partial charge in [0.15, 0.2) is 5.13 Å². The Hall–Kier alpha value is -2.76. The van der Waals surface area contributed by atoms with Crippen LogP contribution in [-0.2, 0) is 11.5 Å². The van der Waals surface area contributed by atoms with Crippen molar-refractivity contribution in [3.63, 3.8) is 0 Å². The number of benzene rings is 1. The molecule has 31 heavy (non-hydrogen) atoms. The summed E-state index contributed by atoms with van der Waals surface area (Å²) in [5, 5.41) is 9.89. The zero-order valence-corrected chi connectivity index (χ0v) is 18.9. The molecular formula is C20H23N5O4S2. The van der Waals surface area contributed by atoms with E-state index < -0.39 is 0 Å². The number of amides is 1. The molecule has 1 aliphatic heterocycles. The molecule has 0 radical (unpaired) electrons. The van der Waals surface area contributed by atoms with Gasteiger partial charge in [-0.2, -0.15) is 0 Å². The minimum atomic E-state index is -0.110. The molecule has 1 fully saturated rings. The summed E-state index contributed by atoms with van der Waals surface area (Å²) in [5.74, 6) is 1.54. The SMILES string of the molecule is COc1cc(OC)cc(-c2nn(CN3CCCC(C(=O)Nc4nccs4)C3)c(=S)o2)c1. The average molecular weight is 462 g/mol. The number of nitrogens with one attached hydrogen (secondary N) is 1. The van der Waals surface area contributed by atoms with Gasteiger partial charge in [0.05, 0.1) is 26.8 Å². The molecule has 1 amide bonds. The summed E-state index contributed by atoms with van der Waals surface area (Å²) >= 11 is 6.79. The van der Waals surface area contributed by atoms with Crippen LogP contribution < -0.4 is 14.8 Å². The smallest absolute Gasteiger partial charge is 0.288 e. The number of rotatable bonds is 7. The van der Waals surface area contributed by atoms with Crippen molar-refractivity contribution in [2.24, 2.45) is 5.92 Å². The molecule has 2 aromatic heterocycles. The highest BCUT2D eigenvalue weighted by molar-refractivity contribution is 7.71. The van der Waals surface area contributed by atoms with Gasteiger partial charge in [0, 0.05) is 29.8 Å². The topological polar surface area (TPSA) is 94.7 Å². The van der Waals surface area contributed by atoms with Gasteiger partial charge in [0.25, 0.3) is 4.84 Å².